The van der Waals surface area contributed by atoms with Crippen LogP contribution in [0.5, 0.6) is 5.75 Å². The molecule has 19 heavy (non-hydrogen) atoms. The Kier molecular flexibility index (Phi) is 4.35. The summed E-state index contributed by atoms with van der Waals surface area (Å²) in [4.78, 5) is 10.2. The Balaban J connectivity index is 2.03. The summed E-state index contributed by atoms with van der Waals surface area (Å²) in [5, 5.41) is 15.8. The number of hydrogen-bond acceptors (Lipinski definition) is 5. The molecule has 2 aromatic rings. The molecule has 1 N–H and O–H groups in total. The monoisotopic (exact) mass is 278 g/mol. The van der Waals surface area contributed by atoms with Gasteiger partial charge in [0, 0.05) is 18.0 Å². The van der Waals surface area contributed by atoms with Crippen LogP contribution in [0, 0.1) is 10.1 Å². The molecule has 0 spiro atoms. The van der Waals surface area contributed by atoms with Gasteiger partial charge in [-0.25, -0.2) is 0 Å². The summed E-state index contributed by atoms with van der Waals surface area (Å²) in [6.45, 7) is 3.07. The van der Waals surface area contributed by atoms with Gasteiger partial charge in [0.05, 0.1) is 17.2 Å². The quantitative estimate of drug-likeness (QED) is 0.647. The second-order valence-electron chi connectivity index (χ2n) is 3.83. The van der Waals surface area contributed by atoms with Gasteiger partial charge >= 0.3 is 5.00 Å². The number of anilines is 1. The molecule has 0 saturated carbocycles. The molecule has 0 bridgehead atoms. The first kappa shape index (κ1) is 13.4. The SMILES string of the molecule is CCOc1ccccc1NCc1csc([N+](=O)[O-])c1. The van der Waals surface area contributed by atoms with Crippen molar-refractivity contribution in [1.29, 1.82) is 0 Å². The zero-order chi connectivity index (χ0) is 13.7. The maximum absolute atomic E-state index is 10.6. The highest BCUT2D eigenvalue weighted by Crippen LogP contribution is 2.26. The van der Waals surface area contributed by atoms with Gasteiger partial charge in [0.25, 0.3) is 0 Å². The van der Waals surface area contributed by atoms with E-state index in [0.717, 1.165) is 28.3 Å². The van der Waals surface area contributed by atoms with Crippen LogP contribution >= 0.6 is 11.3 Å². The Morgan fingerprint density at radius 2 is 2.21 bits per heavy atom. The Morgan fingerprint density at radius 3 is 2.89 bits per heavy atom. The minimum absolute atomic E-state index is 0.162. The first-order valence-corrected chi connectivity index (χ1v) is 6.76. The summed E-state index contributed by atoms with van der Waals surface area (Å²) >= 11 is 1.14. The smallest absolute Gasteiger partial charge is 0.324 e. The van der Waals surface area contributed by atoms with Crippen molar-refractivity contribution < 1.29 is 9.66 Å². The molecule has 1 aromatic carbocycles. The van der Waals surface area contributed by atoms with Crippen molar-refractivity contribution in [2.75, 3.05) is 11.9 Å². The van der Waals surface area contributed by atoms with Crippen molar-refractivity contribution in [3.8, 4) is 5.75 Å². The van der Waals surface area contributed by atoms with Crippen molar-refractivity contribution >= 4 is 22.0 Å². The molecule has 0 atom stereocenters. The summed E-state index contributed by atoms with van der Waals surface area (Å²) in [7, 11) is 0. The standard InChI is InChI=1S/C13H14N2O3S/c1-2-18-12-6-4-3-5-11(12)14-8-10-7-13(15(16)17)19-9-10/h3-7,9,14H,2,8H2,1H3. The molecule has 1 aromatic heterocycles. The molecule has 0 amide bonds. The van der Waals surface area contributed by atoms with Gasteiger partial charge in [-0.15, -0.1) is 0 Å². The number of benzene rings is 1. The fourth-order valence-electron chi connectivity index (χ4n) is 1.64. The highest BCUT2D eigenvalue weighted by molar-refractivity contribution is 7.13. The van der Waals surface area contributed by atoms with Gasteiger partial charge in [-0.3, -0.25) is 10.1 Å². The number of nitrogens with one attached hydrogen (secondary N) is 1. The molecule has 0 saturated heterocycles. The number of nitrogens with zero attached hydrogens (tertiary/aromatic N) is 1. The summed E-state index contributed by atoms with van der Waals surface area (Å²) in [6, 6.07) is 9.22. The van der Waals surface area contributed by atoms with E-state index in [1.165, 1.54) is 0 Å². The van der Waals surface area contributed by atoms with Crippen molar-refractivity contribution in [2.24, 2.45) is 0 Å². The summed E-state index contributed by atoms with van der Waals surface area (Å²) < 4.78 is 5.50. The van der Waals surface area contributed by atoms with Gasteiger partial charge in [0.1, 0.15) is 5.75 Å². The molecule has 0 unspecified atom stereocenters. The summed E-state index contributed by atoms with van der Waals surface area (Å²) in [5.74, 6) is 0.787. The number of nitro groups is 1. The van der Waals surface area contributed by atoms with Gasteiger partial charge in [-0.2, -0.15) is 0 Å². The summed E-state index contributed by atoms with van der Waals surface area (Å²) in [6.07, 6.45) is 0. The van der Waals surface area contributed by atoms with E-state index in [0.29, 0.717) is 13.2 Å². The lowest BCUT2D eigenvalue weighted by atomic mass is 10.2. The van der Waals surface area contributed by atoms with E-state index in [-0.39, 0.29) is 9.92 Å². The van der Waals surface area contributed by atoms with Crippen LogP contribution in [0.3, 0.4) is 0 Å². The maximum Gasteiger partial charge on any atom is 0.324 e. The first-order chi connectivity index (χ1) is 9.20. The van der Waals surface area contributed by atoms with Crippen molar-refractivity contribution in [3.63, 3.8) is 0 Å². The third-order valence-electron chi connectivity index (χ3n) is 2.49. The Morgan fingerprint density at radius 1 is 1.42 bits per heavy atom. The molecule has 5 nitrogen and oxygen atoms in total. The van der Waals surface area contributed by atoms with Crippen LogP contribution in [-0.4, -0.2) is 11.5 Å². The van der Waals surface area contributed by atoms with Gasteiger partial charge in [0.15, 0.2) is 0 Å². The zero-order valence-electron chi connectivity index (χ0n) is 10.5. The van der Waals surface area contributed by atoms with E-state index in [1.807, 2.05) is 31.2 Å². The highest BCUT2D eigenvalue weighted by atomic mass is 32.1. The first-order valence-electron chi connectivity index (χ1n) is 5.88. The van der Waals surface area contributed by atoms with E-state index in [4.69, 9.17) is 4.74 Å². The minimum Gasteiger partial charge on any atom is -0.492 e. The van der Waals surface area contributed by atoms with Crippen LogP contribution in [0.25, 0.3) is 0 Å². The molecular weight excluding hydrogens is 264 g/mol. The average Bonchev–Trinajstić information content (AvgIpc) is 2.87. The van der Waals surface area contributed by atoms with Crippen LogP contribution in [0.4, 0.5) is 10.7 Å². The van der Waals surface area contributed by atoms with E-state index in [2.05, 4.69) is 5.32 Å². The van der Waals surface area contributed by atoms with E-state index in [9.17, 15) is 10.1 Å². The lowest BCUT2D eigenvalue weighted by Gasteiger charge is -2.11. The van der Waals surface area contributed by atoms with E-state index in [1.54, 1.807) is 11.4 Å². The molecule has 1 heterocycles. The molecule has 0 aliphatic rings. The van der Waals surface area contributed by atoms with Gasteiger partial charge in [-0.05, 0) is 24.6 Å². The van der Waals surface area contributed by atoms with Crippen LogP contribution in [0.15, 0.2) is 35.7 Å². The number of hydrogen-bond donors (Lipinski definition) is 1. The van der Waals surface area contributed by atoms with Gasteiger partial charge in [0.2, 0.25) is 0 Å². The third kappa shape index (κ3) is 3.45. The minimum atomic E-state index is -0.373. The lowest BCUT2D eigenvalue weighted by molar-refractivity contribution is -0.380. The van der Waals surface area contributed by atoms with Crippen LogP contribution in [0.2, 0.25) is 0 Å². The molecule has 2 rings (SSSR count). The topological polar surface area (TPSA) is 64.4 Å². The van der Waals surface area contributed by atoms with Gasteiger partial charge in [-0.1, -0.05) is 23.5 Å². The molecular formula is C13H14N2O3S. The average molecular weight is 278 g/mol. The molecule has 0 radical (unpaired) electrons. The van der Waals surface area contributed by atoms with Gasteiger partial charge < -0.3 is 10.1 Å². The van der Waals surface area contributed by atoms with E-state index >= 15 is 0 Å². The second-order valence-corrected chi connectivity index (χ2v) is 4.72. The molecule has 6 heteroatoms. The number of thiophene rings is 1. The molecule has 0 fully saturated rings. The van der Waals surface area contributed by atoms with Crippen LogP contribution in [-0.2, 0) is 6.54 Å². The lowest BCUT2D eigenvalue weighted by Crippen LogP contribution is -2.01. The maximum atomic E-state index is 10.6. The molecule has 100 valence electrons. The molecule has 0 aliphatic carbocycles. The largest absolute Gasteiger partial charge is 0.492 e. The van der Waals surface area contributed by atoms with Crippen LogP contribution in [0.1, 0.15) is 12.5 Å². The second kappa shape index (κ2) is 6.19. The number of ether oxygens (including phenoxy) is 1. The third-order valence-corrected chi connectivity index (χ3v) is 3.42. The Bertz CT molecular complexity index is 569. The predicted molar refractivity (Wildman–Crippen MR) is 75.9 cm³/mol. The Labute approximate surface area is 115 Å². The van der Waals surface area contributed by atoms with E-state index < -0.39 is 0 Å². The Hall–Kier alpha value is -2.08. The van der Waals surface area contributed by atoms with Crippen LogP contribution < -0.4 is 10.1 Å². The van der Waals surface area contributed by atoms with Crippen molar-refractivity contribution in [3.05, 3.63) is 51.4 Å². The number of rotatable bonds is 6. The fraction of sp³-hybridized carbons (Fsp3) is 0.231. The fourth-order valence-corrected chi connectivity index (χ4v) is 2.37. The zero-order valence-corrected chi connectivity index (χ0v) is 11.3. The van der Waals surface area contributed by atoms with Crippen molar-refractivity contribution in [1.82, 2.24) is 0 Å². The molecule has 0 aliphatic heterocycles. The normalized spacial score (nSPS) is 10.2. The van der Waals surface area contributed by atoms with Crippen molar-refractivity contribution in [2.45, 2.75) is 13.5 Å². The predicted octanol–water partition coefficient (Wildman–Crippen LogP) is 3.67. The number of para-hydroxylation sites is 2. The summed E-state index contributed by atoms with van der Waals surface area (Å²) in [5.41, 5.74) is 1.78. The highest BCUT2D eigenvalue weighted by Gasteiger charge is 2.09.